The molecule has 3 aromatic carbocycles. The van der Waals surface area contributed by atoms with Gasteiger partial charge in [0.25, 0.3) is 0 Å². The maximum absolute atomic E-state index is 12.5. The number of nitrogens with zero attached hydrogens (tertiary/aromatic N) is 3. The fourth-order valence-electron chi connectivity index (χ4n) is 3.28. The highest BCUT2D eigenvalue weighted by Crippen LogP contribution is 2.29. The highest BCUT2D eigenvalue weighted by molar-refractivity contribution is 9.10. The van der Waals surface area contributed by atoms with Gasteiger partial charge in [-0.15, -0.1) is 10.2 Å². The monoisotopic (exact) mass is 538 g/mol. The minimum atomic E-state index is -0.398. The number of ether oxygens (including phenoxy) is 2. The Morgan fingerprint density at radius 1 is 1.03 bits per heavy atom. The fourth-order valence-corrected chi connectivity index (χ4v) is 4.44. The van der Waals surface area contributed by atoms with E-state index < -0.39 is 6.10 Å². The number of amides is 1. The van der Waals surface area contributed by atoms with Gasteiger partial charge in [-0.3, -0.25) is 9.36 Å². The van der Waals surface area contributed by atoms with E-state index in [1.54, 1.807) is 7.11 Å². The molecular weight excluding hydrogens is 516 g/mol. The van der Waals surface area contributed by atoms with Crippen molar-refractivity contribution in [2.75, 3.05) is 18.2 Å². The van der Waals surface area contributed by atoms with E-state index in [1.165, 1.54) is 11.8 Å². The van der Waals surface area contributed by atoms with Gasteiger partial charge in [0.15, 0.2) is 17.1 Å². The van der Waals surface area contributed by atoms with Crippen LogP contribution in [0.15, 0.2) is 88.5 Å². The van der Waals surface area contributed by atoms with E-state index in [9.17, 15) is 4.79 Å². The van der Waals surface area contributed by atoms with Crippen LogP contribution >= 0.6 is 27.7 Å². The molecule has 0 aliphatic carbocycles. The lowest BCUT2D eigenvalue weighted by atomic mass is 10.3. The summed E-state index contributed by atoms with van der Waals surface area (Å²) in [5.74, 6) is 2.05. The number of para-hydroxylation sites is 1. The fraction of sp³-hybridized carbons (Fsp3) is 0.160. The summed E-state index contributed by atoms with van der Waals surface area (Å²) in [5, 5.41) is 12.3. The topological polar surface area (TPSA) is 78.3 Å². The maximum atomic E-state index is 12.5. The molecule has 0 aliphatic rings. The third kappa shape index (κ3) is 5.98. The number of anilines is 1. The number of hydrogen-bond acceptors (Lipinski definition) is 6. The van der Waals surface area contributed by atoms with E-state index >= 15 is 0 Å². The molecule has 0 fully saturated rings. The van der Waals surface area contributed by atoms with Crippen LogP contribution in [0.25, 0.3) is 5.69 Å². The zero-order valence-electron chi connectivity index (χ0n) is 18.6. The summed E-state index contributed by atoms with van der Waals surface area (Å²) >= 11 is 4.73. The molecule has 1 atom stereocenters. The lowest BCUT2D eigenvalue weighted by molar-refractivity contribution is -0.113. The largest absolute Gasteiger partial charge is 0.497 e. The molecule has 0 saturated carbocycles. The number of benzene rings is 3. The van der Waals surface area contributed by atoms with Crippen molar-refractivity contribution in [3.05, 3.63) is 89.2 Å². The number of aromatic nitrogens is 3. The van der Waals surface area contributed by atoms with Crippen LogP contribution in [0.4, 0.5) is 5.69 Å². The van der Waals surface area contributed by atoms with Crippen LogP contribution < -0.4 is 14.8 Å². The molecule has 1 aromatic heterocycles. The first-order valence-corrected chi connectivity index (χ1v) is 12.3. The lowest BCUT2D eigenvalue weighted by Gasteiger charge is -2.17. The summed E-state index contributed by atoms with van der Waals surface area (Å²) in [6, 6.07) is 24.7. The lowest BCUT2D eigenvalue weighted by Crippen LogP contribution is -2.15. The number of thioether (sulfide) groups is 1. The molecule has 174 valence electrons. The van der Waals surface area contributed by atoms with Crippen molar-refractivity contribution in [3.63, 3.8) is 0 Å². The Labute approximate surface area is 210 Å². The van der Waals surface area contributed by atoms with Crippen molar-refractivity contribution in [2.24, 2.45) is 0 Å². The number of halogens is 1. The molecule has 1 N–H and O–H groups in total. The van der Waals surface area contributed by atoms with Crippen LogP contribution in [0.1, 0.15) is 18.9 Å². The molecule has 1 unspecified atom stereocenters. The standard InChI is InChI=1S/C25H23BrN4O3S/c1-17(33-22-13-7-12-21(15-22)32-2)24-28-29-25(30(24)20-10-4-3-5-11-20)34-16-23(31)27-19-9-6-8-18(26)14-19/h3-15,17H,16H2,1-2H3,(H,27,31). The third-order valence-electron chi connectivity index (χ3n) is 4.83. The summed E-state index contributed by atoms with van der Waals surface area (Å²) in [7, 11) is 1.62. The van der Waals surface area contributed by atoms with Gasteiger partial charge in [-0.05, 0) is 49.4 Å². The summed E-state index contributed by atoms with van der Waals surface area (Å²) in [5.41, 5.74) is 1.61. The molecule has 4 rings (SSSR count). The van der Waals surface area contributed by atoms with Crippen molar-refractivity contribution in [1.82, 2.24) is 14.8 Å². The molecule has 0 aliphatic heterocycles. The quantitative estimate of drug-likeness (QED) is 0.267. The first kappa shape index (κ1) is 23.8. The van der Waals surface area contributed by atoms with Gasteiger partial charge < -0.3 is 14.8 Å². The van der Waals surface area contributed by atoms with Gasteiger partial charge in [-0.2, -0.15) is 0 Å². The number of rotatable bonds is 9. The van der Waals surface area contributed by atoms with Crippen LogP contribution in [0.3, 0.4) is 0 Å². The predicted octanol–water partition coefficient (Wildman–Crippen LogP) is 5.91. The normalized spacial score (nSPS) is 11.6. The highest BCUT2D eigenvalue weighted by Gasteiger charge is 2.22. The van der Waals surface area contributed by atoms with Gasteiger partial charge >= 0.3 is 0 Å². The van der Waals surface area contributed by atoms with E-state index in [0.717, 1.165) is 15.8 Å². The second kappa shape index (κ2) is 11.2. The second-order valence-electron chi connectivity index (χ2n) is 7.30. The molecule has 0 spiro atoms. The number of carbonyl (C=O) groups excluding carboxylic acids is 1. The Morgan fingerprint density at radius 2 is 1.79 bits per heavy atom. The summed E-state index contributed by atoms with van der Waals surface area (Å²) < 4.78 is 14.2. The molecule has 1 amide bonds. The Morgan fingerprint density at radius 3 is 2.56 bits per heavy atom. The summed E-state index contributed by atoms with van der Waals surface area (Å²) in [4.78, 5) is 12.5. The van der Waals surface area contributed by atoms with Crippen molar-refractivity contribution in [3.8, 4) is 17.2 Å². The van der Waals surface area contributed by atoms with Gasteiger partial charge in [-0.25, -0.2) is 0 Å². The molecule has 34 heavy (non-hydrogen) atoms. The van der Waals surface area contributed by atoms with Crippen LogP contribution in [-0.2, 0) is 4.79 Å². The zero-order valence-corrected chi connectivity index (χ0v) is 21.0. The first-order valence-electron chi connectivity index (χ1n) is 10.5. The van der Waals surface area contributed by atoms with E-state index in [4.69, 9.17) is 9.47 Å². The number of methoxy groups -OCH3 is 1. The molecule has 1 heterocycles. The Bertz CT molecular complexity index is 1270. The molecule has 4 aromatic rings. The van der Waals surface area contributed by atoms with Crippen molar-refractivity contribution in [2.45, 2.75) is 18.2 Å². The van der Waals surface area contributed by atoms with E-state index in [-0.39, 0.29) is 11.7 Å². The molecule has 9 heteroatoms. The highest BCUT2D eigenvalue weighted by atomic mass is 79.9. The average Bonchev–Trinajstić information content (AvgIpc) is 3.27. The zero-order chi connectivity index (χ0) is 23.9. The summed E-state index contributed by atoms with van der Waals surface area (Å²) in [6.45, 7) is 1.91. The van der Waals surface area contributed by atoms with Gasteiger partial charge in [0.2, 0.25) is 5.91 Å². The second-order valence-corrected chi connectivity index (χ2v) is 9.16. The minimum absolute atomic E-state index is 0.132. The maximum Gasteiger partial charge on any atom is 0.234 e. The number of nitrogens with one attached hydrogen (secondary N) is 1. The molecule has 0 radical (unpaired) electrons. The van der Waals surface area contributed by atoms with Crippen molar-refractivity contribution in [1.29, 1.82) is 0 Å². The average molecular weight is 539 g/mol. The van der Waals surface area contributed by atoms with Gasteiger partial charge in [0.1, 0.15) is 11.5 Å². The van der Waals surface area contributed by atoms with Crippen LogP contribution in [0, 0.1) is 0 Å². The van der Waals surface area contributed by atoms with Gasteiger partial charge in [0.05, 0.1) is 12.9 Å². The smallest absolute Gasteiger partial charge is 0.234 e. The molecule has 0 bridgehead atoms. The van der Waals surface area contributed by atoms with Crippen molar-refractivity contribution >= 4 is 39.3 Å². The van der Waals surface area contributed by atoms with Crippen LogP contribution in [0.2, 0.25) is 0 Å². The summed E-state index contributed by atoms with van der Waals surface area (Å²) in [6.07, 6.45) is -0.398. The number of carbonyl (C=O) groups is 1. The van der Waals surface area contributed by atoms with Crippen LogP contribution in [0.5, 0.6) is 11.5 Å². The van der Waals surface area contributed by atoms with Crippen molar-refractivity contribution < 1.29 is 14.3 Å². The Balaban J connectivity index is 1.54. The third-order valence-corrected chi connectivity index (χ3v) is 6.25. The molecular formula is C25H23BrN4O3S. The van der Waals surface area contributed by atoms with E-state index in [1.807, 2.05) is 90.4 Å². The number of hydrogen-bond donors (Lipinski definition) is 1. The Kier molecular flexibility index (Phi) is 7.87. The molecule has 0 saturated heterocycles. The van der Waals surface area contributed by atoms with E-state index in [2.05, 4.69) is 31.4 Å². The van der Waals surface area contributed by atoms with Gasteiger partial charge in [-0.1, -0.05) is 58.0 Å². The SMILES string of the molecule is COc1cccc(OC(C)c2nnc(SCC(=O)Nc3cccc(Br)c3)n2-c2ccccc2)c1. The first-order chi connectivity index (χ1) is 16.5. The predicted molar refractivity (Wildman–Crippen MR) is 137 cm³/mol. The molecule has 7 nitrogen and oxygen atoms in total. The van der Waals surface area contributed by atoms with E-state index in [0.29, 0.717) is 22.5 Å². The van der Waals surface area contributed by atoms with Gasteiger partial charge in [0, 0.05) is 21.9 Å². The Hall–Kier alpha value is -3.30. The minimum Gasteiger partial charge on any atom is -0.497 e. The van der Waals surface area contributed by atoms with Crippen LogP contribution in [-0.4, -0.2) is 33.5 Å².